The molecule has 0 aromatic heterocycles. The SMILES string of the molecule is C#Cc1ccc(NC(=O)C([C@@H](C)c2ccccc2)N2C(=O)N[C@H](c3ccc(OCCOC)cc3)C2=O)c(Cl)c1. The number of urea groups is 1. The molecule has 1 aliphatic heterocycles. The first kappa shape index (κ1) is 27.7. The van der Waals surface area contributed by atoms with Crippen molar-refractivity contribution < 1.29 is 23.9 Å². The van der Waals surface area contributed by atoms with Crippen molar-refractivity contribution in [3.05, 3.63) is 94.5 Å². The summed E-state index contributed by atoms with van der Waals surface area (Å²) in [5, 5.41) is 5.74. The fraction of sp³-hybridized carbons (Fsp3) is 0.233. The van der Waals surface area contributed by atoms with Crippen LogP contribution in [0.2, 0.25) is 5.02 Å². The van der Waals surface area contributed by atoms with Crippen molar-refractivity contribution in [1.82, 2.24) is 10.2 Å². The van der Waals surface area contributed by atoms with E-state index in [0.29, 0.717) is 35.8 Å². The highest BCUT2D eigenvalue weighted by atomic mass is 35.5. The molecule has 200 valence electrons. The Morgan fingerprint density at radius 3 is 2.46 bits per heavy atom. The maximum atomic E-state index is 13.7. The molecular weight excluding hydrogens is 518 g/mol. The molecule has 4 amide bonds. The van der Waals surface area contributed by atoms with E-state index in [1.54, 1.807) is 56.5 Å². The summed E-state index contributed by atoms with van der Waals surface area (Å²) in [4.78, 5) is 41.6. The third kappa shape index (κ3) is 6.23. The number of hydrogen-bond donors (Lipinski definition) is 2. The number of benzene rings is 3. The molecule has 1 heterocycles. The largest absolute Gasteiger partial charge is 0.491 e. The molecule has 8 nitrogen and oxygen atoms in total. The average Bonchev–Trinajstić information content (AvgIpc) is 3.24. The molecule has 1 fully saturated rings. The van der Waals surface area contributed by atoms with Crippen LogP contribution in [0.3, 0.4) is 0 Å². The number of amides is 4. The fourth-order valence-electron chi connectivity index (χ4n) is 4.40. The van der Waals surface area contributed by atoms with Gasteiger partial charge in [-0.3, -0.25) is 9.59 Å². The lowest BCUT2D eigenvalue weighted by atomic mass is 9.91. The summed E-state index contributed by atoms with van der Waals surface area (Å²) in [5.41, 5.74) is 2.22. The van der Waals surface area contributed by atoms with Gasteiger partial charge in [-0.05, 0) is 41.5 Å². The quantitative estimate of drug-likeness (QED) is 0.218. The smallest absolute Gasteiger partial charge is 0.325 e. The van der Waals surface area contributed by atoms with Gasteiger partial charge in [0.1, 0.15) is 24.4 Å². The molecule has 1 aliphatic rings. The molecule has 0 bridgehead atoms. The van der Waals surface area contributed by atoms with Crippen LogP contribution in [-0.2, 0) is 14.3 Å². The number of rotatable bonds is 10. The normalized spacial score (nSPS) is 16.3. The van der Waals surface area contributed by atoms with E-state index in [0.717, 1.165) is 10.5 Å². The molecule has 3 aromatic carbocycles. The van der Waals surface area contributed by atoms with Gasteiger partial charge >= 0.3 is 6.03 Å². The number of methoxy groups -OCH3 is 1. The van der Waals surface area contributed by atoms with Gasteiger partial charge in [0.05, 0.1) is 17.3 Å². The van der Waals surface area contributed by atoms with Crippen LogP contribution < -0.4 is 15.4 Å². The monoisotopic (exact) mass is 545 g/mol. The van der Waals surface area contributed by atoms with Crippen molar-refractivity contribution in [2.24, 2.45) is 0 Å². The molecule has 1 saturated heterocycles. The maximum absolute atomic E-state index is 13.7. The Balaban J connectivity index is 1.62. The minimum atomic E-state index is -1.16. The molecule has 0 aliphatic carbocycles. The van der Waals surface area contributed by atoms with Crippen molar-refractivity contribution in [3.63, 3.8) is 0 Å². The lowest BCUT2D eigenvalue weighted by molar-refractivity contribution is -0.134. The molecule has 0 saturated carbocycles. The van der Waals surface area contributed by atoms with Crippen LogP contribution in [0.4, 0.5) is 10.5 Å². The summed E-state index contributed by atoms with van der Waals surface area (Å²) in [5.74, 6) is 1.46. The summed E-state index contributed by atoms with van der Waals surface area (Å²) in [7, 11) is 1.59. The number of anilines is 1. The van der Waals surface area contributed by atoms with Crippen molar-refractivity contribution in [2.75, 3.05) is 25.6 Å². The van der Waals surface area contributed by atoms with Gasteiger partial charge in [0.25, 0.3) is 5.91 Å². The highest BCUT2D eigenvalue weighted by Crippen LogP contribution is 2.32. The van der Waals surface area contributed by atoms with E-state index >= 15 is 0 Å². The van der Waals surface area contributed by atoms with Gasteiger partial charge in [-0.2, -0.15) is 0 Å². The average molecular weight is 546 g/mol. The second-order valence-corrected chi connectivity index (χ2v) is 9.38. The second-order valence-electron chi connectivity index (χ2n) is 8.97. The van der Waals surface area contributed by atoms with Crippen LogP contribution in [0.5, 0.6) is 5.75 Å². The Bertz CT molecular complexity index is 1390. The van der Waals surface area contributed by atoms with E-state index in [9.17, 15) is 14.4 Å². The van der Waals surface area contributed by atoms with E-state index in [-0.39, 0.29) is 5.02 Å². The number of imide groups is 1. The van der Waals surface area contributed by atoms with Gasteiger partial charge < -0.3 is 20.1 Å². The zero-order valence-electron chi connectivity index (χ0n) is 21.5. The molecule has 3 atom stereocenters. The van der Waals surface area contributed by atoms with Crippen molar-refractivity contribution in [3.8, 4) is 18.1 Å². The third-order valence-corrected chi connectivity index (χ3v) is 6.79. The fourth-order valence-corrected chi connectivity index (χ4v) is 4.63. The molecular formula is C30H28ClN3O5. The minimum Gasteiger partial charge on any atom is -0.491 e. The van der Waals surface area contributed by atoms with E-state index in [1.165, 1.54) is 0 Å². The summed E-state index contributed by atoms with van der Waals surface area (Å²) in [6.07, 6.45) is 5.44. The van der Waals surface area contributed by atoms with Gasteiger partial charge in [-0.15, -0.1) is 6.42 Å². The van der Waals surface area contributed by atoms with Crippen LogP contribution in [0.1, 0.15) is 35.6 Å². The lowest BCUT2D eigenvalue weighted by Crippen LogP contribution is -2.50. The van der Waals surface area contributed by atoms with Gasteiger partial charge in [-0.1, -0.05) is 66.9 Å². The van der Waals surface area contributed by atoms with Crippen molar-refractivity contribution in [2.45, 2.75) is 24.9 Å². The number of terminal acetylenes is 1. The molecule has 39 heavy (non-hydrogen) atoms. The number of carbonyl (C=O) groups excluding carboxylic acids is 3. The highest BCUT2D eigenvalue weighted by Gasteiger charge is 2.47. The Kier molecular flexibility index (Phi) is 8.87. The minimum absolute atomic E-state index is 0.243. The standard InChI is InChI=1S/C30H28ClN3O5/c1-4-20-10-15-25(24(31)18-20)32-28(35)27(19(2)21-8-6-5-7-9-21)34-29(36)26(33-30(34)37)22-11-13-23(14-12-22)39-17-16-38-3/h1,5-15,18-19,26-27H,16-17H2,2-3H3,(H,32,35)(H,33,37)/t19-,26+,27?/m0/s1. The Labute approximate surface area is 232 Å². The van der Waals surface area contributed by atoms with Crippen LogP contribution >= 0.6 is 11.6 Å². The van der Waals surface area contributed by atoms with Gasteiger partial charge in [-0.25, -0.2) is 9.69 Å². The second kappa shape index (κ2) is 12.5. The highest BCUT2D eigenvalue weighted by molar-refractivity contribution is 6.34. The maximum Gasteiger partial charge on any atom is 0.325 e. The zero-order chi connectivity index (χ0) is 27.9. The van der Waals surface area contributed by atoms with Crippen molar-refractivity contribution >= 4 is 35.1 Å². The molecule has 3 aromatic rings. The van der Waals surface area contributed by atoms with E-state index in [2.05, 4.69) is 16.6 Å². The first-order valence-electron chi connectivity index (χ1n) is 12.3. The van der Waals surface area contributed by atoms with Gasteiger partial charge in [0.2, 0.25) is 5.91 Å². The summed E-state index contributed by atoms with van der Waals surface area (Å²) < 4.78 is 10.6. The first-order valence-corrected chi connectivity index (χ1v) is 12.7. The number of hydrogen-bond acceptors (Lipinski definition) is 5. The zero-order valence-corrected chi connectivity index (χ0v) is 22.3. The van der Waals surface area contributed by atoms with Gasteiger partial charge in [0, 0.05) is 18.6 Å². The molecule has 9 heteroatoms. The molecule has 1 unspecified atom stereocenters. The Hall–Kier alpha value is -4.32. The number of ether oxygens (including phenoxy) is 2. The lowest BCUT2D eigenvalue weighted by Gasteiger charge is -2.30. The van der Waals surface area contributed by atoms with E-state index < -0.39 is 35.8 Å². The predicted octanol–water partition coefficient (Wildman–Crippen LogP) is 4.75. The summed E-state index contributed by atoms with van der Waals surface area (Å²) in [6, 6.07) is 18.1. The summed E-state index contributed by atoms with van der Waals surface area (Å²) in [6.45, 7) is 2.62. The Morgan fingerprint density at radius 2 is 1.82 bits per heavy atom. The number of nitrogens with zero attached hydrogens (tertiary/aromatic N) is 1. The first-order chi connectivity index (χ1) is 18.8. The van der Waals surface area contributed by atoms with Crippen molar-refractivity contribution in [1.29, 1.82) is 0 Å². The van der Waals surface area contributed by atoms with E-state index in [1.807, 2.05) is 30.3 Å². The van der Waals surface area contributed by atoms with Crippen LogP contribution in [0, 0.1) is 12.3 Å². The Morgan fingerprint density at radius 1 is 1.10 bits per heavy atom. The van der Waals surface area contributed by atoms with Crippen LogP contribution in [0.15, 0.2) is 72.8 Å². The molecule has 4 rings (SSSR count). The van der Waals surface area contributed by atoms with Crippen LogP contribution in [-0.4, -0.2) is 49.1 Å². The topological polar surface area (TPSA) is 97.0 Å². The number of nitrogens with one attached hydrogen (secondary N) is 2. The predicted molar refractivity (Wildman–Crippen MR) is 149 cm³/mol. The third-order valence-electron chi connectivity index (χ3n) is 6.48. The van der Waals surface area contributed by atoms with Crippen LogP contribution in [0.25, 0.3) is 0 Å². The molecule has 0 radical (unpaired) electrons. The molecule has 2 N–H and O–H groups in total. The molecule has 0 spiro atoms. The number of halogens is 1. The van der Waals surface area contributed by atoms with Gasteiger partial charge in [0.15, 0.2) is 0 Å². The number of carbonyl (C=O) groups is 3. The summed E-state index contributed by atoms with van der Waals surface area (Å²) >= 11 is 6.34. The van der Waals surface area contributed by atoms with E-state index in [4.69, 9.17) is 27.5 Å².